The number of carbonyl (C=O) groups excluding carboxylic acids is 1. The molecule has 0 saturated carbocycles. The molecule has 0 bridgehead atoms. The van der Waals surface area contributed by atoms with Gasteiger partial charge >= 0.3 is 0 Å². The van der Waals surface area contributed by atoms with Crippen molar-refractivity contribution in [1.82, 2.24) is 0 Å². The molecule has 2 aromatic rings. The molecule has 0 unspecified atom stereocenters. The van der Waals surface area contributed by atoms with Gasteiger partial charge in [0.15, 0.2) is 0 Å². The van der Waals surface area contributed by atoms with Crippen molar-refractivity contribution in [3.63, 3.8) is 0 Å². The van der Waals surface area contributed by atoms with E-state index < -0.39 is 5.60 Å². The topological polar surface area (TPSA) is 49.3 Å². The Hall–Kier alpha value is -2.13. The predicted octanol–water partition coefficient (Wildman–Crippen LogP) is 3.95. The second kappa shape index (κ2) is 6.55. The molecule has 2 rings (SSSR count). The van der Waals surface area contributed by atoms with Crippen LogP contribution in [0.15, 0.2) is 54.6 Å². The van der Waals surface area contributed by atoms with Gasteiger partial charge in [0.2, 0.25) is 0 Å². The Labute approximate surface area is 125 Å². The summed E-state index contributed by atoms with van der Waals surface area (Å²) < 4.78 is 0. The van der Waals surface area contributed by atoms with Gasteiger partial charge in [-0.05, 0) is 42.7 Å². The predicted molar refractivity (Wildman–Crippen MR) is 85.3 cm³/mol. The van der Waals surface area contributed by atoms with Crippen LogP contribution in [0.25, 0.3) is 0 Å². The van der Waals surface area contributed by atoms with Gasteiger partial charge < -0.3 is 10.4 Å². The Morgan fingerprint density at radius 3 is 2.33 bits per heavy atom. The Balaban J connectivity index is 2.21. The van der Waals surface area contributed by atoms with E-state index in [1.165, 1.54) is 0 Å². The monoisotopic (exact) mass is 283 g/mol. The molecule has 0 atom stereocenters. The molecular formula is C18H21NO2. The first kappa shape index (κ1) is 15.3. The first-order valence-electron chi connectivity index (χ1n) is 7.28. The Bertz CT molecular complexity index is 604. The molecule has 3 nitrogen and oxygen atoms in total. The van der Waals surface area contributed by atoms with Gasteiger partial charge in [0.1, 0.15) is 0 Å². The van der Waals surface area contributed by atoms with Gasteiger partial charge in [-0.15, -0.1) is 0 Å². The summed E-state index contributed by atoms with van der Waals surface area (Å²) in [6.07, 6.45) is 1.28. The van der Waals surface area contributed by atoms with Crippen LogP contribution in [0.2, 0.25) is 0 Å². The van der Waals surface area contributed by atoms with Crippen molar-refractivity contribution in [1.29, 1.82) is 0 Å². The second-order valence-electron chi connectivity index (χ2n) is 5.14. The van der Waals surface area contributed by atoms with Crippen molar-refractivity contribution in [3.8, 4) is 0 Å². The second-order valence-corrected chi connectivity index (χ2v) is 5.14. The van der Waals surface area contributed by atoms with Crippen LogP contribution in [0, 0.1) is 0 Å². The molecular weight excluding hydrogens is 262 g/mol. The highest BCUT2D eigenvalue weighted by molar-refractivity contribution is 6.04. The molecule has 1 amide bonds. The zero-order valence-electron chi connectivity index (χ0n) is 12.5. The van der Waals surface area contributed by atoms with Crippen LogP contribution in [-0.2, 0) is 5.60 Å². The standard InChI is InChI=1S/C18H21NO2/c1-3-18(21,4-2)15-11-8-12-16(13-15)19-17(20)14-9-6-5-7-10-14/h5-13,21H,3-4H2,1-2H3,(H,19,20). The van der Waals surface area contributed by atoms with Crippen LogP contribution < -0.4 is 5.32 Å². The van der Waals surface area contributed by atoms with Crippen LogP contribution in [0.4, 0.5) is 5.69 Å². The minimum absolute atomic E-state index is 0.149. The van der Waals surface area contributed by atoms with E-state index in [4.69, 9.17) is 0 Å². The maximum atomic E-state index is 12.1. The quantitative estimate of drug-likeness (QED) is 0.873. The number of hydrogen-bond donors (Lipinski definition) is 2. The van der Waals surface area contributed by atoms with E-state index in [2.05, 4.69) is 5.32 Å². The largest absolute Gasteiger partial charge is 0.385 e. The lowest BCUT2D eigenvalue weighted by Gasteiger charge is -2.26. The van der Waals surface area contributed by atoms with Gasteiger partial charge in [0.25, 0.3) is 5.91 Å². The molecule has 0 radical (unpaired) electrons. The van der Waals surface area contributed by atoms with Gasteiger partial charge in [0.05, 0.1) is 5.60 Å². The van der Waals surface area contributed by atoms with Gasteiger partial charge in [-0.2, -0.15) is 0 Å². The van der Waals surface area contributed by atoms with Gasteiger partial charge in [-0.1, -0.05) is 44.2 Å². The number of aliphatic hydroxyl groups is 1. The van der Waals surface area contributed by atoms with Crippen molar-refractivity contribution in [2.45, 2.75) is 32.3 Å². The molecule has 0 aliphatic rings. The van der Waals surface area contributed by atoms with Crippen LogP contribution >= 0.6 is 0 Å². The SMILES string of the molecule is CCC(O)(CC)c1cccc(NC(=O)c2ccccc2)c1. The number of benzene rings is 2. The van der Waals surface area contributed by atoms with Crippen LogP contribution in [0.1, 0.15) is 42.6 Å². The van der Waals surface area contributed by atoms with E-state index >= 15 is 0 Å². The minimum atomic E-state index is -0.840. The third-order valence-electron chi connectivity index (χ3n) is 3.86. The maximum Gasteiger partial charge on any atom is 0.255 e. The number of rotatable bonds is 5. The summed E-state index contributed by atoms with van der Waals surface area (Å²) in [6, 6.07) is 16.5. The number of anilines is 1. The summed E-state index contributed by atoms with van der Waals surface area (Å²) in [5.41, 5.74) is 1.30. The van der Waals surface area contributed by atoms with Gasteiger partial charge in [0, 0.05) is 11.3 Å². The Morgan fingerprint density at radius 2 is 1.71 bits per heavy atom. The fraction of sp³-hybridized carbons (Fsp3) is 0.278. The maximum absolute atomic E-state index is 12.1. The van der Waals surface area contributed by atoms with E-state index in [9.17, 15) is 9.90 Å². The molecule has 0 spiro atoms. The molecule has 3 heteroatoms. The molecule has 21 heavy (non-hydrogen) atoms. The smallest absolute Gasteiger partial charge is 0.255 e. The lowest BCUT2D eigenvalue weighted by Crippen LogP contribution is -2.23. The normalized spacial score (nSPS) is 11.2. The van der Waals surface area contributed by atoms with Crippen LogP contribution in [0.3, 0.4) is 0 Å². The lowest BCUT2D eigenvalue weighted by atomic mass is 9.88. The molecule has 110 valence electrons. The van der Waals surface area contributed by atoms with E-state index in [0.29, 0.717) is 24.1 Å². The van der Waals surface area contributed by atoms with Crippen molar-refractivity contribution in [2.24, 2.45) is 0 Å². The molecule has 2 aromatic carbocycles. The summed E-state index contributed by atoms with van der Waals surface area (Å²) in [5, 5.41) is 13.4. The zero-order chi connectivity index (χ0) is 15.3. The summed E-state index contributed by atoms with van der Waals surface area (Å²) in [6.45, 7) is 3.91. The van der Waals surface area contributed by atoms with Crippen molar-refractivity contribution >= 4 is 11.6 Å². The Kier molecular flexibility index (Phi) is 4.76. The number of amides is 1. The molecule has 0 heterocycles. The number of carbonyl (C=O) groups is 1. The molecule has 0 aliphatic heterocycles. The Morgan fingerprint density at radius 1 is 1.05 bits per heavy atom. The first-order valence-corrected chi connectivity index (χ1v) is 7.28. The molecule has 0 aromatic heterocycles. The molecule has 0 aliphatic carbocycles. The fourth-order valence-corrected chi connectivity index (χ4v) is 2.34. The zero-order valence-corrected chi connectivity index (χ0v) is 12.5. The summed E-state index contributed by atoms with van der Waals surface area (Å²) in [4.78, 5) is 12.1. The first-order chi connectivity index (χ1) is 10.1. The van der Waals surface area contributed by atoms with Crippen LogP contribution in [0.5, 0.6) is 0 Å². The van der Waals surface area contributed by atoms with Crippen molar-refractivity contribution in [2.75, 3.05) is 5.32 Å². The van der Waals surface area contributed by atoms with Gasteiger partial charge in [-0.25, -0.2) is 0 Å². The highest BCUT2D eigenvalue weighted by Gasteiger charge is 2.24. The molecule has 2 N–H and O–H groups in total. The summed E-state index contributed by atoms with van der Waals surface area (Å²) >= 11 is 0. The lowest BCUT2D eigenvalue weighted by molar-refractivity contribution is 0.0284. The van der Waals surface area contributed by atoms with Crippen molar-refractivity contribution in [3.05, 3.63) is 65.7 Å². The van der Waals surface area contributed by atoms with E-state index in [-0.39, 0.29) is 5.91 Å². The summed E-state index contributed by atoms with van der Waals surface area (Å²) in [5.74, 6) is -0.149. The van der Waals surface area contributed by atoms with E-state index in [1.54, 1.807) is 12.1 Å². The van der Waals surface area contributed by atoms with E-state index in [1.807, 2.05) is 56.3 Å². The summed E-state index contributed by atoms with van der Waals surface area (Å²) in [7, 11) is 0. The highest BCUT2D eigenvalue weighted by Crippen LogP contribution is 2.30. The average molecular weight is 283 g/mol. The highest BCUT2D eigenvalue weighted by atomic mass is 16.3. The van der Waals surface area contributed by atoms with Gasteiger partial charge in [-0.3, -0.25) is 4.79 Å². The third kappa shape index (κ3) is 3.50. The number of hydrogen-bond acceptors (Lipinski definition) is 2. The van der Waals surface area contributed by atoms with Crippen LogP contribution in [-0.4, -0.2) is 11.0 Å². The fourth-order valence-electron chi connectivity index (χ4n) is 2.34. The van der Waals surface area contributed by atoms with E-state index in [0.717, 1.165) is 5.56 Å². The van der Waals surface area contributed by atoms with Crippen molar-refractivity contribution < 1.29 is 9.90 Å². The molecule has 0 fully saturated rings. The third-order valence-corrected chi connectivity index (χ3v) is 3.86. The molecule has 0 saturated heterocycles. The number of nitrogens with one attached hydrogen (secondary N) is 1. The average Bonchev–Trinajstić information content (AvgIpc) is 2.55. The minimum Gasteiger partial charge on any atom is -0.385 e.